The Labute approximate surface area is 131 Å². The maximum absolute atomic E-state index is 9.70. The third-order valence-corrected chi connectivity index (χ3v) is 4.37. The van der Waals surface area contributed by atoms with E-state index in [1.165, 1.54) is 17.7 Å². The lowest BCUT2D eigenvalue weighted by molar-refractivity contribution is 0.208. The van der Waals surface area contributed by atoms with E-state index in [2.05, 4.69) is 23.0 Å². The van der Waals surface area contributed by atoms with E-state index in [9.17, 15) is 5.11 Å². The van der Waals surface area contributed by atoms with E-state index >= 15 is 0 Å². The molecule has 3 rings (SSSR count). The predicted octanol–water partition coefficient (Wildman–Crippen LogP) is 3.31. The number of fused-ring (bicyclic) bond motifs is 1. The van der Waals surface area contributed by atoms with Crippen LogP contribution in [0.15, 0.2) is 36.5 Å². The van der Waals surface area contributed by atoms with Crippen LogP contribution in [0, 0.1) is 0 Å². The number of ether oxygens (including phenoxy) is 1. The Balaban J connectivity index is 1.79. The molecule has 0 saturated carbocycles. The van der Waals surface area contributed by atoms with Crippen LogP contribution in [0.4, 0.5) is 0 Å². The van der Waals surface area contributed by atoms with Crippen LogP contribution in [-0.4, -0.2) is 29.1 Å². The summed E-state index contributed by atoms with van der Waals surface area (Å²) < 4.78 is 5.19. The maximum Gasteiger partial charge on any atom is 0.160 e. The van der Waals surface area contributed by atoms with Crippen LogP contribution in [0.1, 0.15) is 35.7 Å². The van der Waals surface area contributed by atoms with Gasteiger partial charge in [-0.05, 0) is 55.6 Å². The maximum atomic E-state index is 9.70. The van der Waals surface area contributed by atoms with E-state index in [0.29, 0.717) is 11.8 Å². The quantitative estimate of drug-likeness (QED) is 0.940. The molecule has 1 aromatic heterocycles. The third-order valence-electron chi connectivity index (χ3n) is 4.37. The van der Waals surface area contributed by atoms with Crippen molar-refractivity contribution >= 4 is 0 Å². The average Bonchev–Trinajstić information content (AvgIpc) is 2.56. The Morgan fingerprint density at radius 2 is 2.23 bits per heavy atom. The van der Waals surface area contributed by atoms with Crippen LogP contribution in [0.25, 0.3) is 0 Å². The Morgan fingerprint density at radius 1 is 1.36 bits per heavy atom. The van der Waals surface area contributed by atoms with Gasteiger partial charge in [0.15, 0.2) is 11.5 Å². The minimum Gasteiger partial charge on any atom is -0.504 e. The molecule has 4 heteroatoms. The van der Waals surface area contributed by atoms with Gasteiger partial charge in [-0.15, -0.1) is 0 Å². The predicted molar refractivity (Wildman–Crippen MR) is 86.0 cm³/mol. The number of pyridine rings is 1. The summed E-state index contributed by atoms with van der Waals surface area (Å²) in [7, 11) is 3.71. The minimum atomic E-state index is 0.179. The largest absolute Gasteiger partial charge is 0.504 e. The van der Waals surface area contributed by atoms with Gasteiger partial charge in [0.25, 0.3) is 0 Å². The molecule has 1 aromatic carbocycles. The summed E-state index contributed by atoms with van der Waals surface area (Å²) in [6.45, 7) is 0.803. The van der Waals surface area contributed by atoms with Gasteiger partial charge in [-0.3, -0.25) is 9.88 Å². The molecule has 22 heavy (non-hydrogen) atoms. The zero-order valence-electron chi connectivity index (χ0n) is 13.1. The smallest absolute Gasteiger partial charge is 0.160 e. The third kappa shape index (κ3) is 2.92. The molecule has 1 N–H and O–H groups in total. The van der Waals surface area contributed by atoms with E-state index in [-0.39, 0.29) is 5.75 Å². The first-order chi connectivity index (χ1) is 10.7. The molecule has 4 nitrogen and oxygen atoms in total. The molecule has 0 radical (unpaired) electrons. The highest BCUT2D eigenvalue weighted by Crippen LogP contribution is 2.33. The molecule has 0 saturated heterocycles. The van der Waals surface area contributed by atoms with E-state index in [1.807, 2.05) is 24.4 Å². The van der Waals surface area contributed by atoms with Crippen molar-refractivity contribution in [3.8, 4) is 11.5 Å². The van der Waals surface area contributed by atoms with Crippen molar-refractivity contribution in [2.24, 2.45) is 0 Å². The second-order valence-electron chi connectivity index (χ2n) is 5.88. The number of aryl methyl sites for hydroxylation is 1. The number of phenolic OH excluding ortho intramolecular Hbond substituents is 1. The summed E-state index contributed by atoms with van der Waals surface area (Å²) in [5.74, 6) is 0.701. The molecule has 1 heterocycles. The van der Waals surface area contributed by atoms with Gasteiger partial charge in [-0.1, -0.05) is 12.1 Å². The Kier molecular flexibility index (Phi) is 4.29. The minimum absolute atomic E-state index is 0.179. The van der Waals surface area contributed by atoms with E-state index in [4.69, 9.17) is 4.74 Å². The lowest BCUT2D eigenvalue weighted by Gasteiger charge is -2.32. The number of methoxy groups -OCH3 is 1. The van der Waals surface area contributed by atoms with Gasteiger partial charge in [0, 0.05) is 12.7 Å². The standard InChI is InChI=1S/C18H22N2O2/c1-20(12-13-8-9-16(21)17(11-13)22-2)15-7-3-5-14-6-4-10-19-18(14)15/h4,6,8-11,15,21H,3,5,7,12H2,1-2H3. The van der Waals surface area contributed by atoms with Gasteiger partial charge < -0.3 is 9.84 Å². The van der Waals surface area contributed by atoms with Crippen molar-refractivity contribution in [1.82, 2.24) is 9.88 Å². The zero-order chi connectivity index (χ0) is 15.5. The van der Waals surface area contributed by atoms with Crippen molar-refractivity contribution in [3.63, 3.8) is 0 Å². The van der Waals surface area contributed by atoms with Gasteiger partial charge >= 0.3 is 0 Å². The molecule has 116 valence electrons. The summed E-state index contributed by atoms with van der Waals surface area (Å²) in [6.07, 6.45) is 5.34. The molecule has 0 amide bonds. The number of aromatic nitrogens is 1. The fourth-order valence-corrected chi connectivity index (χ4v) is 3.23. The van der Waals surface area contributed by atoms with Crippen molar-refractivity contribution < 1.29 is 9.84 Å². The fourth-order valence-electron chi connectivity index (χ4n) is 3.23. The lowest BCUT2D eigenvalue weighted by Crippen LogP contribution is -2.28. The van der Waals surface area contributed by atoms with Crippen molar-refractivity contribution in [3.05, 3.63) is 53.3 Å². The Hall–Kier alpha value is -2.07. The first-order valence-corrected chi connectivity index (χ1v) is 7.69. The van der Waals surface area contributed by atoms with Crippen molar-refractivity contribution in [2.75, 3.05) is 14.2 Å². The molecule has 0 fully saturated rings. The van der Waals surface area contributed by atoms with E-state index in [0.717, 1.165) is 24.9 Å². The summed E-state index contributed by atoms with van der Waals surface area (Å²) >= 11 is 0. The number of phenols is 1. The Morgan fingerprint density at radius 3 is 3.05 bits per heavy atom. The number of aromatic hydroxyl groups is 1. The molecule has 2 aromatic rings. The molecule has 1 aliphatic carbocycles. The van der Waals surface area contributed by atoms with Crippen LogP contribution in [0.3, 0.4) is 0 Å². The molecular formula is C18H22N2O2. The molecule has 1 atom stereocenters. The van der Waals surface area contributed by atoms with Gasteiger partial charge in [0.2, 0.25) is 0 Å². The van der Waals surface area contributed by atoms with Crippen LogP contribution in [-0.2, 0) is 13.0 Å². The summed E-state index contributed by atoms with van der Waals surface area (Å²) in [6, 6.07) is 10.1. The monoisotopic (exact) mass is 298 g/mol. The zero-order valence-corrected chi connectivity index (χ0v) is 13.1. The molecule has 1 unspecified atom stereocenters. The highest BCUT2D eigenvalue weighted by Gasteiger charge is 2.24. The summed E-state index contributed by atoms with van der Waals surface area (Å²) in [5, 5.41) is 9.70. The molecule has 0 aliphatic heterocycles. The number of hydrogen-bond acceptors (Lipinski definition) is 4. The van der Waals surface area contributed by atoms with Crippen LogP contribution >= 0.6 is 0 Å². The first-order valence-electron chi connectivity index (χ1n) is 7.69. The van der Waals surface area contributed by atoms with Gasteiger partial charge in [0.05, 0.1) is 18.8 Å². The Bertz CT molecular complexity index is 657. The number of hydrogen-bond donors (Lipinski definition) is 1. The highest BCUT2D eigenvalue weighted by atomic mass is 16.5. The van der Waals surface area contributed by atoms with Crippen LogP contribution < -0.4 is 4.74 Å². The summed E-state index contributed by atoms with van der Waals surface area (Å²) in [4.78, 5) is 6.94. The van der Waals surface area contributed by atoms with Crippen LogP contribution in [0.5, 0.6) is 11.5 Å². The molecular weight excluding hydrogens is 276 g/mol. The van der Waals surface area contributed by atoms with Crippen molar-refractivity contribution in [2.45, 2.75) is 31.8 Å². The van der Waals surface area contributed by atoms with Gasteiger partial charge in [0.1, 0.15) is 0 Å². The molecule has 1 aliphatic rings. The molecule has 0 spiro atoms. The van der Waals surface area contributed by atoms with Crippen molar-refractivity contribution in [1.29, 1.82) is 0 Å². The van der Waals surface area contributed by atoms with E-state index in [1.54, 1.807) is 13.2 Å². The second-order valence-corrected chi connectivity index (χ2v) is 5.88. The van der Waals surface area contributed by atoms with Gasteiger partial charge in [-0.25, -0.2) is 0 Å². The second kappa shape index (κ2) is 6.36. The number of nitrogens with zero attached hydrogens (tertiary/aromatic N) is 2. The highest BCUT2D eigenvalue weighted by molar-refractivity contribution is 5.41. The average molecular weight is 298 g/mol. The molecule has 0 bridgehead atoms. The topological polar surface area (TPSA) is 45.6 Å². The lowest BCUT2D eigenvalue weighted by atomic mass is 9.91. The normalized spacial score (nSPS) is 17.3. The number of benzene rings is 1. The van der Waals surface area contributed by atoms with Gasteiger partial charge in [-0.2, -0.15) is 0 Å². The summed E-state index contributed by atoms with van der Waals surface area (Å²) in [5.41, 5.74) is 3.70. The van der Waals surface area contributed by atoms with E-state index < -0.39 is 0 Å². The number of rotatable bonds is 4. The van der Waals surface area contributed by atoms with Crippen LogP contribution in [0.2, 0.25) is 0 Å². The fraction of sp³-hybridized carbons (Fsp3) is 0.389. The first kappa shape index (κ1) is 14.9. The SMILES string of the molecule is COc1cc(CN(C)C2CCCc3cccnc32)ccc1O.